The van der Waals surface area contributed by atoms with Crippen LogP contribution in [-0.2, 0) is 22.6 Å². The number of carbonyl (C=O) groups is 2. The summed E-state index contributed by atoms with van der Waals surface area (Å²) in [4.78, 5) is 30.9. The van der Waals surface area contributed by atoms with Crippen LogP contribution >= 0.6 is 45.8 Å². The van der Waals surface area contributed by atoms with E-state index in [0.717, 1.165) is 56.5 Å². The van der Waals surface area contributed by atoms with Crippen LogP contribution in [0.1, 0.15) is 76.0 Å². The number of allylic oxidation sites excluding steroid dienone is 4. The van der Waals surface area contributed by atoms with E-state index >= 15 is 0 Å². The number of hydrogen-bond acceptors (Lipinski definition) is 5. The molecule has 0 atom stereocenters. The molecule has 0 aromatic heterocycles. The topological polar surface area (TPSA) is 55.8 Å². The van der Waals surface area contributed by atoms with E-state index in [1.807, 2.05) is 24.3 Å². The van der Waals surface area contributed by atoms with Gasteiger partial charge in [0.25, 0.3) is 0 Å². The molecule has 246 valence electrons. The fraction of sp³-hybridized carbons (Fsp3) is 0.385. The maximum absolute atomic E-state index is 14.3. The number of methoxy groups -OCH3 is 1. The molecule has 8 heteroatoms. The molecule has 2 aliphatic carbocycles. The first-order chi connectivity index (χ1) is 22.3. The maximum atomic E-state index is 14.3. The highest BCUT2D eigenvalue weighted by atomic mass is 127. The van der Waals surface area contributed by atoms with Crippen LogP contribution in [0.5, 0.6) is 11.5 Å². The SMILES string of the molecule is COc1cc(C2C3=C(CC(C)(C)CC3=O)N(CCc3ccccc3)C3=C2C(=O)CC(C)(C)C3)cc(I)c1OCc1ccc(Cl)c(Cl)c1. The predicted molar refractivity (Wildman–Crippen MR) is 196 cm³/mol. The first-order valence-electron chi connectivity index (χ1n) is 16.0. The Bertz CT molecular complexity index is 1760. The number of ketones is 2. The fourth-order valence-corrected chi connectivity index (χ4v) is 8.47. The molecule has 0 radical (unpaired) electrons. The third-order valence-electron chi connectivity index (χ3n) is 9.44. The van der Waals surface area contributed by atoms with Crippen molar-refractivity contribution in [1.82, 2.24) is 4.90 Å². The highest BCUT2D eigenvalue weighted by molar-refractivity contribution is 14.1. The Morgan fingerprint density at radius 2 is 1.43 bits per heavy atom. The summed E-state index contributed by atoms with van der Waals surface area (Å²) >= 11 is 14.6. The Morgan fingerprint density at radius 3 is 2.00 bits per heavy atom. The summed E-state index contributed by atoms with van der Waals surface area (Å²) in [6.45, 7) is 9.67. The van der Waals surface area contributed by atoms with E-state index in [1.165, 1.54) is 5.56 Å². The van der Waals surface area contributed by atoms with Gasteiger partial charge in [0.1, 0.15) is 6.61 Å². The van der Waals surface area contributed by atoms with Crippen LogP contribution in [0.3, 0.4) is 0 Å². The maximum Gasteiger partial charge on any atom is 0.174 e. The number of hydrogen-bond donors (Lipinski definition) is 0. The summed E-state index contributed by atoms with van der Waals surface area (Å²) in [6, 6.07) is 19.8. The van der Waals surface area contributed by atoms with Gasteiger partial charge in [0.15, 0.2) is 23.1 Å². The van der Waals surface area contributed by atoms with E-state index in [9.17, 15) is 9.59 Å². The van der Waals surface area contributed by atoms with E-state index in [0.29, 0.717) is 40.9 Å². The van der Waals surface area contributed by atoms with Crippen LogP contribution in [0.2, 0.25) is 10.0 Å². The van der Waals surface area contributed by atoms with Gasteiger partial charge in [0.05, 0.1) is 20.7 Å². The van der Waals surface area contributed by atoms with Crippen molar-refractivity contribution < 1.29 is 19.1 Å². The van der Waals surface area contributed by atoms with Crippen LogP contribution in [-0.4, -0.2) is 30.1 Å². The molecule has 0 N–H and O–H groups in total. The van der Waals surface area contributed by atoms with Gasteiger partial charge >= 0.3 is 0 Å². The van der Waals surface area contributed by atoms with Crippen molar-refractivity contribution >= 4 is 57.4 Å². The van der Waals surface area contributed by atoms with Crippen molar-refractivity contribution in [2.24, 2.45) is 10.8 Å². The Hall–Kier alpha value is -2.81. The molecule has 0 unspecified atom stereocenters. The zero-order valence-corrected chi connectivity index (χ0v) is 31.2. The molecule has 0 spiro atoms. The van der Waals surface area contributed by atoms with Crippen LogP contribution in [0.15, 0.2) is 83.2 Å². The van der Waals surface area contributed by atoms with Crippen LogP contribution in [0.25, 0.3) is 0 Å². The van der Waals surface area contributed by atoms with Crippen molar-refractivity contribution in [1.29, 1.82) is 0 Å². The number of Topliss-reactive ketones (excluding diaryl/α,β-unsaturated/α-hetero) is 2. The monoisotopic (exact) mass is 783 g/mol. The molecule has 0 amide bonds. The lowest BCUT2D eigenvalue weighted by Crippen LogP contribution is -2.45. The second kappa shape index (κ2) is 13.2. The van der Waals surface area contributed by atoms with Gasteiger partial charge in [-0.25, -0.2) is 0 Å². The molecule has 0 saturated heterocycles. The molecule has 3 aromatic rings. The molecule has 1 heterocycles. The highest BCUT2D eigenvalue weighted by Crippen LogP contribution is 2.55. The second-order valence-corrected chi connectivity index (χ2v) is 16.5. The summed E-state index contributed by atoms with van der Waals surface area (Å²) in [5.74, 6) is 0.911. The van der Waals surface area contributed by atoms with Gasteiger partial charge in [-0.05, 0) is 93.6 Å². The molecule has 3 aliphatic rings. The van der Waals surface area contributed by atoms with Crippen LogP contribution in [0, 0.1) is 14.4 Å². The molecule has 1 aliphatic heterocycles. The van der Waals surface area contributed by atoms with E-state index < -0.39 is 5.92 Å². The lowest BCUT2D eigenvalue weighted by Gasteiger charge is -2.49. The molecule has 5 nitrogen and oxygen atoms in total. The second-order valence-electron chi connectivity index (χ2n) is 14.5. The number of carbonyl (C=O) groups excluding carboxylic acids is 2. The largest absolute Gasteiger partial charge is 0.493 e. The third-order valence-corrected chi connectivity index (χ3v) is 11.0. The molecular formula is C39H40Cl2INO4. The smallest absolute Gasteiger partial charge is 0.174 e. The molecule has 0 bridgehead atoms. The van der Waals surface area contributed by atoms with Gasteiger partial charge in [0, 0.05) is 47.8 Å². The summed E-state index contributed by atoms with van der Waals surface area (Å²) in [5, 5.41) is 0.954. The minimum Gasteiger partial charge on any atom is -0.493 e. The number of benzene rings is 3. The molecule has 47 heavy (non-hydrogen) atoms. The Labute approximate surface area is 301 Å². The normalized spacial score (nSPS) is 19.1. The van der Waals surface area contributed by atoms with E-state index in [-0.39, 0.29) is 29.0 Å². The average Bonchev–Trinajstić information content (AvgIpc) is 2.99. The summed E-state index contributed by atoms with van der Waals surface area (Å²) < 4.78 is 13.0. The van der Waals surface area contributed by atoms with E-state index in [4.69, 9.17) is 32.7 Å². The van der Waals surface area contributed by atoms with Gasteiger partial charge in [0.2, 0.25) is 0 Å². The zero-order chi connectivity index (χ0) is 33.7. The highest BCUT2D eigenvalue weighted by Gasteiger charge is 2.49. The molecule has 3 aromatic carbocycles. The van der Waals surface area contributed by atoms with Gasteiger partial charge in [-0.1, -0.05) is 87.3 Å². The van der Waals surface area contributed by atoms with Crippen molar-refractivity contribution in [3.63, 3.8) is 0 Å². The first kappa shape index (κ1) is 34.1. The van der Waals surface area contributed by atoms with Crippen LogP contribution < -0.4 is 9.47 Å². The lowest BCUT2D eigenvalue weighted by molar-refractivity contribution is -0.119. The quantitative estimate of drug-likeness (QED) is 0.213. The number of rotatable bonds is 8. The van der Waals surface area contributed by atoms with Crippen molar-refractivity contribution in [2.75, 3.05) is 13.7 Å². The van der Waals surface area contributed by atoms with Gasteiger partial charge in [-0.15, -0.1) is 0 Å². The summed E-state index contributed by atoms with van der Waals surface area (Å²) in [5.41, 5.74) is 6.24. The van der Waals surface area contributed by atoms with Gasteiger partial charge in [-0.3, -0.25) is 9.59 Å². The molecule has 0 fully saturated rings. The van der Waals surface area contributed by atoms with E-state index in [2.05, 4.69) is 79.5 Å². The first-order valence-corrected chi connectivity index (χ1v) is 17.9. The molecule has 0 saturated carbocycles. The average molecular weight is 785 g/mol. The minimum atomic E-state index is -0.466. The Kier molecular flexibility index (Phi) is 9.60. The van der Waals surface area contributed by atoms with Gasteiger partial charge < -0.3 is 14.4 Å². The lowest BCUT2D eigenvalue weighted by atomic mass is 9.63. The van der Waals surface area contributed by atoms with Crippen molar-refractivity contribution in [2.45, 2.75) is 72.3 Å². The minimum absolute atomic E-state index is 0.115. The van der Waals surface area contributed by atoms with E-state index in [1.54, 1.807) is 19.2 Å². The number of ether oxygens (including phenoxy) is 2. The number of halogens is 3. The number of nitrogens with zero attached hydrogens (tertiary/aromatic N) is 1. The standard InChI is InChI=1S/C39H40Cl2INO4/c1-38(2)18-29-35(31(44)20-38)34(25-16-28(42)37(33(17-25)46-5)47-22-24-11-12-26(40)27(41)15-24)36-30(19-39(3,4)21-32(36)45)43(29)14-13-23-9-7-6-8-10-23/h6-12,15-17,34H,13-14,18-22H2,1-5H3. The zero-order valence-electron chi connectivity index (χ0n) is 27.5. The summed E-state index contributed by atoms with van der Waals surface area (Å²) in [6.07, 6.45) is 3.24. The Balaban J connectivity index is 1.46. The fourth-order valence-electron chi connectivity index (χ4n) is 7.37. The van der Waals surface area contributed by atoms with Crippen molar-refractivity contribution in [3.05, 3.63) is 114 Å². The van der Waals surface area contributed by atoms with Crippen LogP contribution in [0.4, 0.5) is 0 Å². The van der Waals surface area contributed by atoms with Crippen molar-refractivity contribution in [3.8, 4) is 11.5 Å². The predicted octanol–water partition coefficient (Wildman–Crippen LogP) is 10.1. The third kappa shape index (κ3) is 7.02. The van der Waals surface area contributed by atoms with Gasteiger partial charge in [-0.2, -0.15) is 0 Å². The Morgan fingerprint density at radius 1 is 0.809 bits per heavy atom. The molecule has 6 rings (SSSR count). The summed E-state index contributed by atoms with van der Waals surface area (Å²) in [7, 11) is 1.62. The molecular weight excluding hydrogens is 744 g/mol.